The highest BCUT2D eigenvalue weighted by Gasteiger charge is 2.25. The van der Waals surface area contributed by atoms with E-state index in [4.69, 9.17) is 27.9 Å². The Balaban J connectivity index is 2.30. The summed E-state index contributed by atoms with van der Waals surface area (Å²) in [6.07, 6.45) is 0.333. The van der Waals surface area contributed by atoms with Crippen molar-refractivity contribution in [2.75, 3.05) is 29.9 Å². The van der Waals surface area contributed by atoms with Gasteiger partial charge in [-0.25, -0.2) is 4.98 Å². The van der Waals surface area contributed by atoms with E-state index in [0.717, 1.165) is 25.5 Å². The molecule has 2 atom stereocenters. The first-order valence-electron chi connectivity index (χ1n) is 6.51. The molecule has 0 spiro atoms. The second-order valence-corrected chi connectivity index (χ2v) is 5.63. The maximum atomic E-state index is 6.27. The SMILES string of the molecule is CCNc1nc(N2CC(C)OC(C)C2)c(Cl)cc1Cl. The van der Waals surface area contributed by atoms with Crippen molar-refractivity contribution in [2.45, 2.75) is 33.0 Å². The molecule has 1 fully saturated rings. The van der Waals surface area contributed by atoms with Crippen molar-refractivity contribution in [2.24, 2.45) is 0 Å². The van der Waals surface area contributed by atoms with Crippen LogP contribution in [0.1, 0.15) is 20.8 Å². The molecule has 0 amide bonds. The second kappa shape index (κ2) is 6.16. The van der Waals surface area contributed by atoms with Crippen molar-refractivity contribution < 1.29 is 4.74 Å². The Kier molecular flexibility index (Phi) is 4.76. The third kappa shape index (κ3) is 3.44. The average Bonchev–Trinajstić information content (AvgIpc) is 2.31. The van der Waals surface area contributed by atoms with Gasteiger partial charge in [0.05, 0.1) is 22.3 Å². The largest absolute Gasteiger partial charge is 0.372 e. The summed E-state index contributed by atoms with van der Waals surface area (Å²) in [5.41, 5.74) is 0. The number of morpholine rings is 1. The van der Waals surface area contributed by atoms with E-state index in [1.54, 1.807) is 6.07 Å². The van der Waals surface area contributed by atoms with Crippen LogP contribution in [0.5, 0.6) is 0 Å². The van der Waals surface area contributed by atoms with Crippen molar-refractivity contribution in [3.8, 4) is 0 Å². The van der Waals surface area contributed by atoms with Gasteiger partial charge in [-0.3, -0.25) is 0 Å². The van der Waals surface area contributed by atoms with E-state index < -0.39 is 0 Å². The van der Waals surface area contributed by atoms with Crippen LogP contribution in [0.3, 0.4) is 0 Å². The van der Waals surface area contributed by atoms with Crippen LogP contribution in [0.15, 0.2) is 6.07 Å². The van der Waals surface area contributed by atoms with Crippen molar-refractivity contribution in [3.05, 3.63) is 16.1 Å². The second-order valence-electron chi connectivity index (χ2n) is 4.82. The molecule has 0 aliphatic carbocycles. The fourth-order valence-corrected chi connectivity index (χ4v) is 2.87. The molecule has 1 aromatic heterocycles. The van der Waals surface area contributed by atoms with E-state index in [9.17, 15) is 0 Å². The Hall–Kier alpha value is -0.710. The van der Waals surface area contributed by atoms with Gasteiger partial charge in [0.1, 0.15) is 11.6 Å². The lowest BCUT2D eigenvalue weighted by Crippen LogP contribution is -2.46. The maximum Gasteiger partial charge on any atom is 0.150 e. The lowest BCUT2D eigenvalue weighted by atomic mass is 10.2. The van der Waals surface area contributed by atoms with Crippen LogP contribution in [0.4, 0.5) is 11.6 Å². The highest BCUT2D eigenvalue weighted by molar-refractivity contribution is 6.37. The molecule has 0 saturated carbocycles. The molecular formula is C13H19Cl2N3O. The molecule has 1 N–H and O–H groups in total. The third-order valence-corrected chi connectivity index (χ3v) is 3.54. The fraction of sp³-hybridized carbons (Fsp3) is 0.615. The molecular weight excluding hydrogens is 285 g/mol. The number of ether oxygens (including phenoxy) is 1. The van der Waals surface area contributed by atoms with Crippen molar-refractivity contribution in [3.63, 3.8) is 0 Å². The fourth-order valence-electron chi connectivity index (χ4n) is 2.32. The minimum Gasteiger partial charge on any atom is -0.372 e. The zero-order valence-electron chi connectivity index (χ0n) is 11.4. The van der Waals surface area contributed by atoms with Gasteiger partial charge in [-0.15, -0.1) is 0 Å². The Morgan fingerprint density at radius 3 is 2.53 bits per heavy atom. The number of hydrogen-bond acceptors (Lipinski definition) is 4. The molecule has 0 radical (unpaired) electrons. The summed E-state index contributed by atoms with van der Waals surface area (Å²) in [6, 6.07) is 1.74. The monoisotopic (exact) mass is 303 g/mol. The molecule has 1 saturated heterocycles. The summed E-state index contributed by atoms with van der Waals surface area (Å²) in [5.74, 6) is 1.44. The van der Waals surface area contributed by atoms with Crippen molar-refractivity contribution in [1.82, 2.24) is 4.98 Å². The summed E-state index contributed by atoms with van der Waals surface area (Å²) in [4.78, 5) is 6.70. The Morgan fingerprint density at radius 1 is 1.32 bits per heavy atom. The van der Waals surface area contributed by atoms with Crippen molar-refractivity contribution in [1.29, 1.82) is 0 Å². The van der Waals surface area contributed by atoms with Gasteiger partial charge in [0, 0.05) is 19.6 Å². The van der Waals surface area contributed by atoms with Gasteiger partial charge in [0.25, 0.3) is 0 Å². The van der Waals surface area contributed by atoms with Crippen LogP contribution in [0, 0.1) is 0 Å². The molecule has 1 aromatic rings. The van der Waals surface area contributed by atoms with E-state index in [1.165, 1.54) is 0 Å². The van der Waals surface area contributed by atoms with Gasteiger partial charge >= 0.3 is 0 Å². The van der Waals surface area contributed by atoms with Gasteiger partial charge in [0.2, 0.25) is 0 Å². The van der Waals surface area contributed by atoms with Crippen LogP contribution in [-0.2, 0) is 4.74 Å². The molecule has 1 aliphatic heterocycles. The lowest BCUT2D eigenvalue weighted by molar-refractivity contribution is -0.00544. The molecule has 106 valence electrons. The Bertz CT molecular complexity index is 446. The van der Waals surface area contributed by atoms with Crippen LogP contribution in [-0.4, -0.2) is 36.8 Å². The van der Waals surface area contributed by atoms with Crippen LogP contribution < -0.4 is 10.2 Å². The molecule has 6 heteroatoms. The number of anilines is 2. The molecule has 1 aliphatic rings. The van der Waals surface area contributed by atoms with E-state index in [-0.39, 0.29) is 12.2 Å². The molecule has 4 nitrogen and oxygen atoms in total. The Morgan fingerprint density at radius 2 is 1.95 bits per heavy atom. The first-order chi connectivity index (χ1) is 9.01. The zero-order valence-corrected chi connectivity index (χ0v) is 12.9. The molecule has 0 aromatic carbocycles. The van der Waals surface area contributed by atoms with Crippen LogP contribution in [0.25, 0.3) is 0 Å². The smallest absolute Gasteiger partial charge is 0.150 e. The third-order valence-electron chi connectivity index (χ3n) is 2.97. The van der Waals surface area contributed by atoms with E-state index in [2.05, 4.69) is 29.0 Å². The van der Waals surface area contributed by atoms with Crippen LogP contribution in [0.2, 0.25) is 10.0 Å². The lowest BCUT2D eigenvalue weighted by Gasteiger charge is -2.36. The molecule has 19 heavy (non-hydrogen) atoms. The summed E-state index contributed by atoms with van der Waals surface area (Å²) in [5, 5.41) is 4.27. The number of aromatic nitrogens is 1. The van der Waals surface area contributed by atoms with Gasteiger partial charge < -0.3 is 15.0 Å². The molecule has 0 bridgehead atoms. The van der Waals surface area contributed by atoms with Gasteiger partial charge in [-0.1, -0.05) is 23.2 Å². The topological polar surface area (TPSA) is 37.4 Å². The van der Waals surface area contributed by atoms with Crippen LogP contribution >= 0.6 is 23.2 Å². The minimum absolute atomic E-state index is 0.167. The van der Waals surface area contributed by atoms with Crippen molar-refractivity contribution >= 4 is 34.8 Å². The standard InChI is InChI=1S/C13H19Cl2N3O/c1-4-16-12-10(14)5-11(15)13(17-12)18-6-8(2)19-9(3)7-18/h5,8-9H,4,6-7H2,1-3H3,(H,16,17). The number of pyridine rings is 1. The van der Waals surface area contributed by atoms with E-state index in [1.807, 2.05) is 6.92 Å². The van der Waals surface area contributed by atoms with E-state index >= 15 is 0 Å². The van der Waals surface area contributed by atoms with Gasteiger partial charge in [-0.2, -0.15) is 0 Å². The summed E-state index contributed by atoms with van der Waals surface area (Å²) in [6.45, 7) is 8.44. The molecule has 2 rings (SSSR count). The summed E-state index contributed by atoms with van der Waals surface area (Å²) in [7, 11) is 0. The quantitative estimate of drug-likeness (QED) is 0.928. The zero-order chi connectivity index (χ0) is 14.0. The number of halogens is 2. The Labute approximate surface area is 124 Å². The predicted molar refractivity (Wildman–Crippen MR) is 80.6 cm³/mol. The number of rotatable bonds is 3. The highest BCUT2D eigenvalue weighted by atomic mass is 35.5. The highest BCUT2D eigenvalue weighted by Crippen LogP contribution is 2.32. The summed E-state index contributed by atoms with van der Waals surface area (Å²) >= 11 is 12.4. The van der Waals surface area contributed by atoms with Gasteiger partial charge in [0.15, 0.2) is 0 Å². The van der Waals surface area contributed by atoms with E-state index in [0.29, 0.717) is 15.9 Å². The normalized spacial score (nSPS) is 23.5. The van der Waals surface area contributed by atoms with Gasteiger partial charge in [-0.05, 0) is 26.8 Å². The summed E-state index contributed by atoms with van der Waals surface area (Å²) < 4.78 is 5.72. The minimum atomic E-state index is 0.167. The average molecular weight is 304 g/mol. The maximum absolute atomic E-state index is 6.27. The number of hydrogen-bond donors (Lipinski definition) is 1. The molecule has 2 unspecified atom stereocenters. The molecule has 2 heterocycles. The first-order valence-corrected chi connectivity index (χ1v) is 7.27. The predicted octanol–water partition coefficient (Wildman–Crippen LogP) is 3.43. The first kappa shape index (κ1) is 14.7. The number of nitrogens with one attached hydrogen (secondary N) is 1. The number of nitrogens with zero attached hydrogens (tertiary/aromatic N) is 2.